The quantitative estimate of drug-likeness (QED) is 0.594. The summed E-state index contributed by atoms with van der Waals surface area (Å²) in [6.07, 6.45) is 1.98. The first-order chi connectivity index (χ1) is 15.0. The van der Waals surface area contributed by atoms with Crippen molar-refractivity contribution in [3.8, 4) is 11.4 Å². The van der Waals surface area contributed by atoms with E-state index >= 15 is 0 Å². The standard InChI is InChI=1S/C21H23N5O4S/c1-30-19-8-7-17-15-25(11-9-16(17)13-19)31(28,29)12-10-22-21(27)20-14-23-26(24-20)18-5-3-2-4-6-18/h2-8,13-14H,9-12,15H2,1H3,(H,22,27). The SMILES string of the molecule is COc1ccc2c(c1)CCN(S(=O)(=O)CCNC(=O)c1cnn(-c3ccccc3)n1)C2. The van der Waals surface area contributed by atoms with Gasteiger partial charge in [-0.1, -0.05) is 24.3 Å². The maximum absolute atomic E-state index is 12.7. The lowest BCUT2D eigenvalue weighted by atomic mass is 10.0. The minimum Gasteiger partial charge on any atom is -0.497 e. The molecule has 0 spiro atoms. The van der Waals surface area contributed by atoms with Gasteiger partial charge in [0.15, 0.2) is 5.69 Å². The Morgan fingerprint density at radius 1 is 1.16 bits per heavy atom. The zero-order valence-electron chi connectivity index (χ0n) is 17.1. The molecule has 0 radical (unpaired) electrons. The Kier molecular flexibility index (Phi) is 6.01. The molecular weight excluding hydrogens is 418 g/mol. The van der Waals surface area contributed by atoms with Crippen LogP contribution in [0.4, 0.5) is 0 Å². The number of benzene rings is 2. The highest BCUT2D eigenvalue weighted by atomic mass is 32.2. The van der Waals surface area contributed by atoms with Gasteiger partial charge in [0.1, 0.15) is 5.75 Å². The van der Waals surface area contributed by atoms with E-state index in [2.05, 4.69) is 15.5 Å². The molecule has 3 aromatic rings. The van der Waals surface area contributed by atoms with E-state index in [0.29, 0.717) is 19.5 Å². The second-order valence-electron chi connectivity index (χ2n) is 7.14. The number of nitrogens with one attached hydrogen (secondary N) is 1. The van der Waals surface area contributed by atoms with Gasteiger partial charge in [0.25, 0.3) is 5.91 Å². The summed E-state index contributed by atoms with van der Waals surface area (Å²) in [7, 11) is -1.90. The van der Waals surface area contributed by atoms with E-state index in [4.69, 9.17) is 4.74 Å². The number of nitrogens with zero attached hydrogens (tertiary/aromatic N) is 4. The lowest BCUT2D eigenvalue weighted by Crippen LogP contribution is -2.40. The molecule has 4 rings (SSSR count). The summed E-state index contributed by atoms with van der Waals surface area (Å²) in [6, 6.07) is 14.9. The first kappa shape index (κ1) is 21.0. The van der Waals surface area contributed by atoms with Crippen molar-refractivity contribution in [3.05, 3.63) is 71.5 Å². The van der Waals surface area contributed by atoms with Crippen LogP contribution in [-0.4, -0.2) is 59.6 Å². The first-order valence-corrected chi connectivity index (χ1v) is 11.5. The lowest BCUT2D eigenvalue weighted by Gasteiger charge is -2.28. The molecule has 1 aromatic heterocycles. The highest BCUT2D eigenvalue weighted by molar-refractivity contribution is 7.89. The third-order valence-corrected chi connectivity index (χ3v) is 6.96. The van der Waals surface area contributed by atoms with Crippen LogP contribution in [0.5, 0.6) is 5.75 Å². The third-order valence-electron chi connectivity index (χ3n) is 5.14. The average Bonchev–Trinajstić information content (AvgIpc) is 3.29. The molecule has 0 saturated heterocycles. The van der Waals surface area contributed by atoms with Gasteiger partial charge in [-0.25, -0.2) is 8.42 Å². The zero-order chi connectivity index (χ0) is 21.8. The lowest BCUT2D eigenvalue weighted by molar-refractivity contribution is 0.0950. The van der Waals surface area contributed by atoms with Crippen LogP contribution in [0.25, 0.3) is 5.69 Å². The Labute approximate surface area is 180 Å². The van der Waals surface area contributed by atoms with E-state index in [1.54, 1.807) is 7.11 Å². The fraction of sp³-hybridized carbons (Fsp3) is 0.286. The number of aromatic nitrogens is 3. The van der Waals surface area contributed by atoms with Crippen LogP contribution in [0.3, 0.4) is 0 Å². The second kappa shape index (κ2) is 8.86. The van der Waals surface area contributed by atoms with E-state index in [0.717, 1.165) is 22.6 Å². The van der Waals surface area contributed by atoms with E-state index in [9.17, 15) is 13.2 Å². The van der Waals surface area contributed by atoms with E-state index in [1.807, 2.05) is 48.5 Å². The highest BCUT2D eigenvalue weighted by Gasteiger charge is 2.27. The van der Waals surface area contributed by atoms with Crippen molar-refractivity contribution in [2.75, 3.05) is 26.0 Å². The maximum atomic E-state index is 12.7. The van der Waals surface area contributed by atoms with Crippen LogP contribution >= 0.6 is 0 Å². The maximum Gasteiger partial charge on any atom is 0.273 e. The molecular formula is C21H23N5O4S. The summed E-state index contributed by atoms with van der Waals surface area (Å²) < 4.78 is 32.2. The molecule has 0 saturated carbocycles. The van der Waals surface area contributed by atoms with Crippen LogP contribution < -0.4 is 10.1 Å². The van der Waals surface area contributed by atoms with Crippen molar-refractivity contribution in [1.82, 2.24) is 24.6 Å². The molecule has 162 valence electrons. The fourth-order valence-electron chi connectivity index (χ4n) is 3.43. The number of rotatable bonds is 7. The van der Waals surface area contributed by atoms with Crippen LogP contribution in [0.15, 0.2) is 54.7 Å². The normalized spacial score (nSPS) is 14.1. The van der Waals surface area contributed by atoms with E-state index < -0.39 is 15.9 Å². The smallest absolute Gasteiger partial charge is 0.273 e. The van der Waals surface area contributed by atoms with E-state index in [1.165, 1.54) is 15.3 Å². The Balaban J connectivity index is 1.33. The first-order valence-electron chi connectivity index (χ1n) is 9.86. The monoisotopic (exact) mass is 441 g/mol. The van der Waals surface area contributed by atoms with Crippen molar-refractivity contribution in [1.29, 1.82) is 0 Å². The molecule has 0 atom stereocenters. The fourth-order valence-corrected chi connectivity index (χ4v) is 4.76. The minimum absolute atomic E-state index is 0.00860. The van der Waals surface area contributed by atoms with Gasteiger partial charge < -0.3 is 10.1 Å². The van der Waals surface area contributed by atoms with Gasteiger partial charge in [-0.3, -0.25) is 4.79 Å². The molecule has 10 heteroatoms. The molecule has 0 aliphatic carbocycles. The molecule has 0 bridgehead atoms. The number of para-hydroxylation sites is 1. The molecule has 2 heterocycles. The van der Waals surface area contributed by atoms with Gasteiger partial charge in [-0.15, -0.1) is 5.10 Å². The molecule has 31 heavy (non-hydrogen) atoms. The van der Waals surface area contributed by atoms with Gasteiger partial charge in [0.2, 0.25) is 10.0 Å². The molecule has 1 amide bonds. The number of hydrogen-bond acceptors (Lipinski definition) is 6. The number of hydrogen-bond donors (Lipinski definition) is 1. The number of ether oxygens (including phenoxy) is 1. The number of carbonyl (C=O) groups excluding carboxylic acids is 1. The number of carbonyl (C=O) groups is 1. The summed E-state index contributed by atoms with van der Waals surface area (Å²) in [5, 5.41) is 10.8. The number of fused-ring (bicyclic) bond motifs is 1. The van der Waals surface area contributed by atoms with Crippen molar-refractivity contribution in [2.24, 2.45) is 0 Å². The van der Waals surface area contributed by atoms with Gasteiger partial charge in [-0.05, 0) is 41.8 Å². The van der Waals surface area contributed by atoms with Crippen molar-refractivity contribution >= 4 is 15.9 Å². The third kappa shape index (κ3) is 4.75. The second-order valence-corrected chi connectivity index (χ2v) is 9.23. The summed E-state index contributed by atoms with van der Waals surface area (Å²) in [5.41, 5.74) is 2.92. The zero-order valence-corrected chi connectivity index (χ0v) is 17.9. The van der Waals surface area contributed by atoms with E-state index in [-0.39, 0.29) is 18.0 Å². The Morgan fingerprint density at radius 3 is 2.74 bits per heavy atom. The number of sulfonamides is 1. The van der Waals surface area contributed by atoms with Gasteiger partial charge in [0.05, 0.1) is 24.7 Å². The highest BCUT2D eigenvalue weighted by Crippen LogP contribution is 2.25. The van der Waals surface area contributed by atoms with Crippen LogP contribution in [0.2, 0.25) is 0 Å². The Morgan fingerprint density at radius 2 is 1.97 bits per heavy atom. The Bertz CT molecular complexity index is 1180. The van der Waals surface area contributed by atoms with Gasteiger partial charge in [0, 0.05) is 19.6 Å². The van der Waals surface area contributed by atoms with Gasteiger partial charge in [-0.2, -0.15) is 14.2 Å². The summed E-state index contributed by atoms with van der Waals surface area (Å²) in [5.74, 6) is 0.118. The molecule has 1 aliphatic heterocycles. The predicted octanol–water partition coefficient (Wildman–Crippen LogP) is 1.39. The largest absolute Gasteiger partial charge is 0.497 e. The van der Waals surface area contributed by atoms with Crippen molar-refractivity contribution in [3.63, 3.8) is 0 Å². The summed E-state index contributed by atoms with van der Waals surface area (Å²) in [4.78, 5) is 13.7. The van der Waals surface area contributed by atoms with Crippen molar-refractivity contribution < 1.29 is 17.9 Å². The van der Waals surface area contributed by atoms with Gasteiger partial charge >= 0.3 is 0 Å². The summed E-state index contributed by atoms with van der Waals surface area (Å²) in [6.45, 7) is 0.716. The molecule has 0 unspecified atom stereocenters. The van der Waals surface area contributed by atoms with Crippen LogP contribution in [0, 0.1) is 0 Å². The molecule has 1 aliphatic rings. The van der Waals surface area contributed by atoms with Crippen LogP contribution in [-0.2, 0) is 23.0 Å². The number of methoxy groups -OCH3 is 1. The average molecular weight is 442 g/mol. The van der Waals surface area contributed by atoms with Crippen LogP contribution in [0.1, 0.15) is 21.6 Å². The molecule has 9 nitrogen and oxygen atoms in total. The molecule has 1 N–H and O–H groups in total. The summed E-state index contributed by atoms with van der Waals surface area (Å²) >= 11 is 0. The molecule has 0 fully saturated rings. The minimum atomic E-state index is -3.51. The Hall–Kier alpha value is -3.24. The predicted molar refractivity (Wildman–Crippen MR) is 115 cm³/mol. The topological polar surface area (TPSA) is 106 Å². The van der Waals surface area contributed by atoms with Crippen molar-refractivity contribution in [2.45, 2.75) is 13.0 Å². The molecule has 2 aromatic carbocycles. The number of amides is 1.